The van der Waals surface area contributed by atoms with Gasteiger partial charge in [0.25, 0.3) is 0 Å². The predicted molar refractivity (Wildman–Crippen MR) is 54.7 cm³/mol. The first-order valence-corrected chi connectivity index (χ1v) is 4.36. The molecule has 0 aliphatic heterocycles. The number of nitrogens with zero attached hydrogens (tertiary/aromatic N) is 1. The van der Waals surface area contributed by atoms with Crippen LogP contribution >= 0.6 is 11.6 Å². The Morgan fingerprint density at radius 3 is 3.00 bits per heavy atom. The second kappa shape index (κ2) is 4.64. The summed E-state index contributed by atoms with van der Waals surface area (Å²) in [6.07, 6.45) is 1.63. The molecule has 1 rings (SSSR count). The third kappa shape index (κ3) is 3.08. The minimum atomic E-state index is -0.433. The summed E-state index contributed by atoms with van der Waals surface area (Å²) in [5, 5.41) is 0.433. The van der Waals surface area contributed by atoms with E-state index in [0.717, 1.165) is 11.1 Å². The normalized spacial score (nSPS) is 9.00. The zero-order valence-electron chi connectivity index (χ0n) is 7.67. The van der Waals surface area contributed by atoms with Crippen molar-refractivity contribution in [3.8, 4) is 11.8 Å². The van der Waals surface area contributed by atoms with Crippen molar-refractivity contribution in [3.63, 3.8) is 0 Å². The Balaban J connectivity index is 2.85. The van der Waals surface area contributed by atoms with Crippen LogP contribution in [0, 0.1) is 18.8 Å². The van der Waals surface area contributed by atoms with Gasteiger partial charge in [0.05, 0.1) is 6.42 Å². The van der Waals surface area contributed by atoms with Crippen LogP contribution in [0.3, 0.4) is 0 Å². The maximum Gasteiger partial charge on any atom is 0.229 e. The average Bonchev–Trinajstić information content (AvgIpc) is 2.08. The van der Waals surface area contributed by atoms with E-state index >= 15 is 0 Å². The number of primary amides is 1. The molecule has 0 saturated heterocycles. The molecule has 0 bridgehead atoms. The van der Waals surface area contributed by atoms with Gasteiger partial charge in [-0.3, -0.25) is 4.79 Å². The number of rotatable bonds is 1. The smallest absolute Gasteiger partial charge is 0.229 e. The van der Waals surface area contributed by atoms with Crippen molar-refractivity contribution < 1.29 is 4.79 Å². The molecule has 72 valence electrons. The summed E-state index contributed by atoms with van der Waals surface area (Å²) < 4.78 is 0. The van der Waals surface area contributed by atoms with Crippen molar-refractivity contribution in [2.24, 2.45) is 5.73 Å². The van der Waals surface area contributed by atoms with Gasteiger partial charge in [0, 0.05) is 11.8 Å². The number of halogens is 1. The topological polar surface area (TPSA) is 56.0 Å². The lowest BCUT2D eigenvalue weighted by Crippen LogP contribution is -2.08. The highest BCUT2D eigenvalue weighted by molar-refractivity contribution is 6.29. The average molecular weight is 209 g/mol. The van der Waals surface area contributed by atoms with Crippen LogP contribution in [0.4, 0.5) is 0 Å². The van der Waals surface area contributed by atoms with Crippen molar-refractivity contribution in [2.45, 2.75) is 13.3 Å². The van der Waals surface area contributed by atoms with Gasteiger partial charge in [0.15, 0.2) is 0 Å². The van der Waals surface area contributed by atoms with Gasteiger partial charge in [-0.2, -0.15) is 0 Å². The van der Waals surface area contributed by atoms with Gasteiger partial charge in [-0.15, -0.1) is 0 Å². The summed E-state index contributed by atoms with van der Waals surface area (Å²) in [5.41, 5.74) is 6.63. The monoisotopic (exact) mass is 208 g/mol. The first-order valence-electron chi connectivity index (χ1n) is 3.99. The van der Waals surface area contributed by atoms with Crippen molar-refractivity contribution in [1.82, 2.24) is 4.98 Å². The summed E-state index contributed by atoms with van der Waals surface area (Å²) in [7, 11) is 0. The predicted octanol–water partition coefficient (Wildman–Crippen LogP) is 1.27. The first-order chi connectivity index (χ1) is 6.59. The molecule has 1 heterocycles. The van der Waals surface area contributed by atoms with Crippen LogP contribution in [0.1, 0.15) is 17.5 Å². The Bertz CT molecular complexity index is 418. The Morgan fingerprint density at radius 2 is 2.43 bits per heavy atom. The minimum absolute atomic E-state index is 0.0576. The van der Waals surface area contributed by atoms with Gasteiger partial charge in [-0.25, -0.2) is 4.98 Å². The van der Waals surface area contributed by atoms with Crippen LogP contribution in [0.15, 0.2) is 12.3 Å². The number of carbonyl (C=O) groups is 1. The maximum absolute atomic E-state index is 10.4. The Hall–Kier alpha value is -1.53. The second-order valence-corrected chi connectivity index (χ2v) is 3.15. The molecular weight excluding hydrogens is 200 g/mol. The summed E-state index contributed by atoms with van der Waals surface area (Å²) in [6.45, 7) is 1.88. The maximum atomic E-state index is 10.4. The summed E-state index contributed by atoms with van der Waals surface area (Å²) in [4.78, 5) is 14.3. The Kier molecular flexibility index (Phi) is 3.49. The third-order valence-electron chi connectivity index (χ3n) is 1.56. The number of hydrogen-bond acceptors (Lipinski definition) is 2. The molecule has 0 aliphatic carbocycles. The van der Waals surface area contributed by atoms with Gasteiger partial charge < -0.3 is 5.73 Å². The van der Waals surface area contributed by atoms with Crippen LogP contribution in [0.5, 0.6) is 0 Å². The lowest BCUT2D eigenvalue weighted by atomic mass is 10.1. The molecule has 2 N–H and O–H groups in total. The fraction of sp³-hybridized carbons (Fsp3) is 0.200. The highest BCUT2D eigenvalue weighted by atomic mass is 35.5. The van der Waals surface area contributed by atoms with E-state index in [1.54, 1.807) is 12.3 Å². The molecule has 0 aromatic carbocycles. The number of amides is 1. The van der Waals surface area contributed by atoms with Crippen LogP contribution < -0.4 is 5.73 Å². The first kappa shape index (κ1) is 10.6. The highest BCUT2D eigenvalue weighted by Gasteiger charge is 1.96. The SMILES string of the molecule is Cc1cc(Cl)ncc1C#CCC(N)=O. The van der Waals surface area contributed by atoms with E-state index in [1.807, 2.05) is 6.92 Å². The minimum Gasteiger partial charge on any atom is -0.369 e. The molecule has 1 aromatic heterocycles. The molecule has 0 spiro atoms. The van der Waals surface area contributed by atoms with Gasteiger partial charge in [0.2, 0.25) is 5.91 Å². The highest BCUT2D eigenvalue weighted by Crippen LogP contribution is 2.10. The van der Waals surface area contributed by atoms with Gasteiger partial charge in [-0.1, -0.05) is 23.4 Å². The molecule has 1 amide bonds. The van der Waals surface area contributed by atoms with E-state index in [-0.39, 0.29) is 6.42 Å². The summed E-state index contributed by atoms with van der Waals surface area (Å²) >= 11 is 5.67. The Labute approximate surface area is 87.3 Å². The number of aryl methyl sites for hydroxylation is 1. The summed E-state index contributed by atoms with van der Waals surface area (Å²) in [6, 6.07) is 1.72. The molecule has 3 nitrogen and oxygen atoms in total. The van der Waals surface area contributed by atoms with Crippen LogP contribution in [0.25, 0.3) is 0 Å². The van der Waals surface area contributed by atoms with E-state index in [9.17, 15) is 4.79 Å². The van der Waals surface area contributed by atoms with Crippen LogP contribution in [-0.4, -0.2) is 10.9 Å². The van der Waals surface area contributed by atoms with Gasteiger partial charge >= 0.3 is 0 Å². The number of hydrogen-bond donors (Lipinski definition) is 1. The molecule has 0 aliphatic rings. The lowest BCUT2D eigenvalue weighted by molar-refractivity contribution is -0.117. The standard InChI is InChI=1S/C10H9ClN2O/c1-7-5-9(11)13-6-8(7)3-2-4-10(12)14/h5-6H,4H2,1H3,(H2,12,14). The molecule has 0 atom stereocenters. The van der Waals surface area contributed by atoms with Gasteiger partial charge in [0.1, 0.15) is 5.15 Å². The number of carbonyl (C=O) groups excluding carboxylic acids is 1. The number of nitrogens with two attached hydrogens (primary N) is 1. The largest absolute Gasteiger partial charge is 0.369 e. The van der Waals surface area contributed by atoms with E-state index in [0.29, 0.717) is 5.15 Å². The third-order valence-corrected chi connectivity index (χ3v) is 1.77. The molecule has 14 heavy (non-hydrogen) atoms. The molecule has 1 aromatic rings. The van der Waals surface area contributed by atoms with Crippen LogP contribution in [0.2, 0.25) is 5.15 Å². The number of aromatic nitrogens is 1. The molecular formula is C10H9ClN2O. The Morgan fingerprint density at radius 1 is 1.71 bits per heavy atom. The molecule has 0 radical (unpaired) electrons. The van der Waals surface area contributed by atoms with E-state index < -0.39 is 5.91 Å². The van der Waals surface area contributed by atoms with Crippen molar-refractivity contribution in [2.75, 3.05) is 0 Å². The molecule has 0 unspecified atom stereocenters. The fourth-order valence-corrected chi connectivity index (χ4v) is 1.09. The van der Waals surface area contributed by atoms with E-state index in [2.05, 4.69) is 16.8 Å². The van der Waals surface area contributed by atoms with Crippen molar-refractivity contribution in [3.05, 3.63) is 28.5 Å². The van der Waals surface area contributed by atoms with Crippen LogP contribution in [-0.2, 0) is 4.79 Å². The zero-order chi connectivity index (χ0) is 10.6. The lowest BCUT2D eigenvalue weighted by Gasteiger charge is -1.96. The quantitative estimate of drug-likeness (QED) is 0.558. The van der Waals surface area contributed by atoms with Gasteiger partial charge in [-0.05, 0) is 18.6 Å². The van der Waals surface area contributed by atoms with Crippen molar-refractivity contribution in [1.29, 1.82) is 0 Å². The van der Waals surface area contributed by atoms with E-state index in [4.69, 9.17) is 17.3 Å². The number of pyridine rings is 1. The molecule has 0 fully saturated rings. The molecule has 0 saturated carbocycles. The summed E-state index contributed by atoms with van der Waals surface area (Å²) in [5.74, 6) is 5.02. The van der Waals surface area contributed by atoms with E-state index in [1.165, 1.54) is 0 Å². The van der Waals surface area contributed by atoms with Crippen molar-refractivity contribution >= 4 is 17.5 Å². The second-order valence-electron chi connectivity index (χ2n) is 2.77. The fourth-order valence-electron chi connectivity index (χ4n) is 0.879. The zero-order valence-corrected chi connectivity index (χ0v) is 8.43. The molecule has 4 heteroatoms.